The summed E-state index contributed by atoms with van der Waals surface area (Å²) in [7, 11) is 0. The molecule has 1 atom stereocenters. The number of hydrogen-bond donors (Lipinski definition) is 2. The minimum absolute atomic E-state index is 0.0537. The van der Waals surface area contributed by atoms with Crippen LogP contribution >= 0.6 is 0 Å². The van der Waals surface area contributed by atoms with Gasteiger partial charge in [0, 0.05) is 5.69 Å². The summed E-state index contributed by atoms with van der Waals surface area (Å²) in [5.41, 5.74) is 10.3. The molecule has 0 aliphatic heterocycles. The molecule has 20 heavy (non-hydrogen) atoms. The summed E-state index contributed by atoms with van der Waals surface area (Å²) < 4.78 is 0. The van der Waals surface area contributed by atoms with Crippen molar-refractivity contribution in [3.63, 3.8) is 0 Å². The van der Waals surface area contributed by atoms with E-state index in [4.69, 9.17) is 5.73 Å². The molecule has 104 valence electrons. The summed E-state index contributed by atoms with van der Waals surface area (Å²) >= 11 is 0. The van der Waals surface area contributed by atoms with E-state index in [9.17, 15) is 4.79 Å². The minimum atomic E-state index is -0.142. The smallest absolute Gasteiger partial charge is 0.253 e. The maximum absolute atomic E-state index is 12.3. The molecule has 0 fully saturated rings. The Kier molecular flexibility index (Phi) is 4.08. The first-order valence-corrected chi connectivity index (χ1v) is 6.71. The highest BCUT2D eigenvalue weighted by Crippen LogP contribution is 2.20. The molecule has 0 heterocycles. The lowest BCUT2D eigenvalue weighted by Crippen LogP contribution is -2.27. The predicted octanol–water partition coefficient (Wildman–Crippen LogP) is 3.38. The van der Waals surface area contributed by atoms with Gasteiger partial charge in [-0.25, -0.2) is 0 Å². The van der Waals surface area contributed by atoms with E-state index < -0.39 is 0 Å². The molecule has 0 aromatic heterocycles. The fourth-order valence-electron chi connectivity index (χ4n) is 2.28. The molecule has 3 heteroatoms. The summed E-state index contributed by atoms with van der Waals surface area (Å²) in [4.78, 5) is 12.3. The molecule has 0 aliphatic carbocycles. The average Bonchev–Trinajstić information content (AvgIpc) is 2.41. The van der Waals surface area contributed by atoms with Crippen molar-refractivity contribution in [2.45, 2.75) is 26.8 Å². The number of nitrogen functional groups attached to an aromatic ring is 1. The van der Waals surface area contributed by atoms with Crippen molar-refractivity contribution < 1.29 is 4.79 Å². The number of amides is 1. The van der Waals surface area contributed by atoms with Crippen molar-refractivity contribution >= 4 is 11.6 Å². The maximum Gasteiger partial charge on any atom is 0.253 e. The van der Waals surface area contributed by atoms with E-state index in [1.54, 1.807) is 12.1 Å². The zero-order valence-electron chi connectivity index (χ0n) is 12.1. The third-order valence-corrected chi connectivity index (χ3v) is 3.45. The molecule has 3 N–H and O–H groups in total. The van der Waals surface area contributed by atoms with Gasteiger partial charge in [0.25, 0.3) is 5.91 Å². The van der Waals surface area contributed by atoms with Gasteiger partial charge in [0.15, 0.2) is 0 Å². The average molecular weight is 268 g/mol. The van der Waals surface area contributed by atoms with Crippen LogP contribution in [0.25, 0.3) is 0 Å². The quantitative estimate of drug-likeness (QED) is 0.838. The second kappa shape index (κ2) is 5.78. The molecular formula is C17H20N2O. The Morgan fingerprint density at radius 1 is 1.15 bits per heavy atom. The Morgan fingerprint density at radius 2 is 1.85 bits per heavy atom. The number of anilines is 1. The fourth-order valence-corrected chi connectivity index (χ4v) is 2.28. The first-order chi connectivity index (χ1) is 9.49. The number of nitrogens with one attached hydrogen (secondary N) is 1. The Morgan fingerprint density at radius 3 is 2.55 bits per heavy atom. The zero-order valence-corrected chi connectivity index (χ0v) is 12.1. The lowest BCUT2D eigenvalue weighted by Gasteiger charge is -2.18. The Bertz CT molecular complexity index is 635. The van der Waals surface area contributed by atoms with Crippen LogP contribution in [0.3, 0.4) is 0 Å². The lowest BCUT2D eigenvalue weighted by atomic mass is 9.99. The summed E-state index contributed by atoms with van der Waals surface area (Å²) in [6.07, 6.45) is 0. The van der Waals surface area contributed by atoms with E-state index in [0.29, 0.717) is 11.3 Å². The number of aryl methyl sites for hydroxylation is 2. The van der Waals surface area contributed by atoms with Gasteiger partial charge in [0.2, 0.25) is 0 Å². The van der Waals surface area contributed by atoms with Crippen LogP contribution in [0.5, 0.6) is 0 Å². The number of rotatable bonds is 3. The van der Waals surface area contributed by atoms with E-state index in [1.165, 1.54) is 11.1 Å². The summed E-state index contributed by atoms with van der Waals surface area (Å²) in [5, 5.41) is 3.00. The SMILES string of the molecule is Cc1ccc(C)c(C(C)NC(=O)c2ccccc2N)c1. The van der Waals surface area contributed by atoms with Crippen LogP contribution in [-0.2, 0) is 0 Å². The number of carbonyl (C=O) groups excluding carboxylic acids is 1. The molecule has 0 saturated carbocycles. The number of hydrogen-bond acceptors (Lipinski definition) is 2. The molecule has 1 unspecified atom stereocenters. The van der Waals surface area contributed by atoms with Crippen molar-refractivity contribution in [3.8, 4) is 0 Å². The van der Waals surface area contributed by atoms with Gasteiger partial charge in [-0.05, 0) is 44.0 Å². The van der Waals surface area contributed by atoms with Crippen LogP contribution in [0.4, 0.5) is 5.69 Å². The predicted molar refractivity (Wildman–Crippen MR) is 82.7 cm³/mol. The monoisotopic (exact) mass is 268 g/mol. The van der Waals surface area contributed by atoms with Crippen LogP contribution in [0, 0.1) is 13.8 Å². The number of nitrogens with two attached hydrogens (primary N) is 1. The van der Waals surface area contributed by atoms with Gasteiger partial charge in [-0.3, -0.25) is 4.79 Å². The highest BCUT2D eigenvalue weighted by molar-refractivity contribution is 5.99. The van der Waals surface area contributed by atoms with Crippen molar-refractivity contribution in [3.05, 3.63) is 64.7 Å². The van der Waals surface area contributed by atoms with E-state index in [-0.39, 0.29) is 11.9 Å². The van der Waals surface area contributed by atoms with Gasteiger partial charge in [0.05, 0.1) is 11.6 Å². The number of para-hydroxylation sites is 1. The van der Waals surface area contributed by atoms with E-state index in [1.807, 2.05) is 32.9 Å². The summed E-state index contributed by atoms with van der Waals surface area (Å²) in [5.74, 6) is -0.142. The molecule has 0 spiro atoms. The third kappa shape index (κ3) is 2.99. The topological polar surface area (TPSA) is 55.1 Å². The third-order valence-electron chi connectivity index (χ3n) is 3.45. The van der Waals surface area contributed by atoms with Gasteiger partial charge in [0.1, 0.15) is 0 Å². The molecule has 0 aliphatic rings. The molecule has 2 aromatic rings. The standard InChI is InChI=1S/C17H20N2O/c1-11-8-9-12(2)15(10-11)13(3)19-17(20)14-6-4-5-7-16(14)18/h4-10,13H,18H2,1-3H3,(H,19,20). The normalized spacial score (nSPS) is 11.9. The summed E-state index contributed by atoms with van der Waals surface area (Å²) in [6, 6.07) is 13.3. The van der Waals surface area contributed by atoms with Gasteiger partial charge < -0.3 is 11.1 Å². The Hall–Kier alpha value is -2.29. The Balaban J connectivity index is 2.19. The van der Waals surface area contributed by atoms with Crippen molar-refractivity contribution in [1.82, 2.24) is 5.32 Å². The zero-order chi connectivity index (χ0) is 14.7. The van der Waals surface area contributed by atoms with Gasteiger partial charge in [-0.2, -0.15) is 0 Å². The molecule has 1 amide bonds. The molecular weight excluding hydrogens is 248 g/mol. The number of carbonyl (C=O) groups is 1. The van der Waals surface area contributed by atoms with Crippen LogP contribution in [0.2, 0.25) is 0 Å². The molecule has 2 aromatic carbocycles. The minimum Gasteiger partial charge on any atom is -0.398 e. The van der Waals surface area contributed by atoms with Crippen LogP contribution < -0.4 is 11.1 Å². The lowest BCUT2D eigenvalue weighted by molar-refractivity contribution is 0.0940. The van der Waals surface area contributed by atoms with E-state index >= 15 is 0 Å². The Labute approximate surface area is 119 Å². The largest absolute Gasteiger partial charge is 0.398 e. The second-order valence-corrected chi connectivity index (χ2v) is 5.14. The first kappa shape index (κ1) is 14.1. The molecule has 0 saturated heterocycles. The fraction of sp³-hybridized carbons (Fsp3) is 0.235. The van der Waals surface area contributed by atoms with Crippen LogP contribution in [-0.4, -0.2) is 5.91 Å². The first-order valence-electron chi connectivity index (χ1n) is 6.71. The summed E-state index contributed by atoms with van der Waals surface area (Å²) in [6.45, 7) is 6.08. The highest BCUT2D eigenvalue weighted by Gasteiger charge is 2.14. The van der Waals surface area contributed by atoms with E-state index in [2.05, 4.69) is 23.5 Å². The molecule has 3 nitrogen and oxygen atoms in total. The van der Waals surface area contributed by atoms with Gasteiger partial charge >= 0.3 is 0 Å². The number of benzene rings is 2. The van der Waals surface area contributed by atoms with Crippen LogP contribution in [0.1, 0.15) is 40.0 Å². The van der Waals surface area contributed by atoms with Crippen molar-refractivity contribution in [2.24, 2.45) is 0 Å². The van der Waals surface area contributed by atoms with Crippen LogP contribution in [0.15, 0.2) is 42.5 Å². The van der Waals surface area contributed by atoms with E-state index in [0.717, 1.165) is 5.56 Å². The highest BCUT2D eigenvalue weighted by atomic mass is 16.1. The molecule has 0 radical (unpaired) electrons. The molecule has 2 rings (SSSR count). The maximum atomic E-state index is 12.3. The van der Waals surface area contributed by atoms with Gasteiger partial charge in [-0.15, -0.1) is 0 Å². The van der Waals surface area contributed by atoms with Gasteiger partial charge in [-0.1, -0.05) is 35.9 Å². The van der Waals surface area contributed by atoms with Crippen molar-refractivity contribution in [1.29, 1.82) is 0 Å². The van der Waals surface area contributed by atoms with Crippen molar-refractivity contribution in [2.75, 3.05) is 5.73 Å². The molecule has 0 bridgehead atoms. The second-order valence-electron chi connectivity index (χ2n) is 5.14.